The molecule has 132 valence electrons. The molecule has 0 radical (unpaired) electrons. The molecule has 0 aliphatic heterocycles. The van der Waals surface area contributed by atoms with Gasteiger partial charge in [0, 0.05) is 7.26 Å². The zero-order valence-electron chi connectivity index (χ0n) is 15.4. The van der Waals surface area contributed by atoms with Gasteiger partial charge >= 0.3 is 0 Å². The number of unbranched alkanes of at least 4 members (excludes halogenated alkanes) is 3. The second-order valence-corrected chi connectivity index (χ2v) is 10.9. The van der Waals surface area contributed by atoms with Gasteiger partial charge in [-0.05, 0) is 30.9 Å². The maximum atomic E-state index is 4.26. The van der Waals surface area contributed by atoms with E-state index in [9.17, 15) is 0 Å². The molecule has 23 heavy (non-hydrogen) atoms. The lowest BCUT2D eigenvalue weighted by atomic mass is 10.1. The Morgan fingerprint density at radius 1 is 0.870 bits per heavy atom. The van der Waals surface area contributed by atoms with Gasteiger partial charge in [-0.3, -0.25) is 0 Å². The topological polar surface area (TPSA) is 0 Å². The minimum atomic E-state index is -0.996. The summed E-state index contributed by atoms with van der Waals surface area (Å²) in [5, 5.41) is 0. The predicted octanol–water partition coefficient (Wildman–Crippen LogP) is 4.34. The summed E-state index contributed by atoms with van der Waals surface area (Å²) in [5.41, 5.74) is 2.12. The van der Waals surface area contributed by atoms with E-state index in [4.69, 9.17) is 0 Å². The van der Waals surface area contributed by atoms with Gasteiger partial charge in [0.2, 0.25) is 0 Å². The van der Waals surface area contributed by atoms with Crippen molar-refractivity contribution in [1.82, 2.24) is 0 Å². The summed E-state index contributed by atoms with van der Waals surface area (Å²) in [6.07, 6.45) is 14.8. The molecular formula is C21H36IP. The molecule has 0 bridgehead atoms. The Bertz CT molecular complexity index is 380. The van der Waals surface area contributed by atoms with E-state index in [-0.39, 0.29) is 24.0 Å². The van der Waals surface area contributed by atoms with Crippen LogP contribution in [-0.4, -0.2) is 18.5 Å². The molecule has 0 fully saturated rings. The third-order valence-corrected chi connectivity index (χ3v) is 10.1. The van der Waals surface area contributed by atoms with Crippen LogP contribution in [0.15, 0.2) is 43.0 Å². The number of rotatable bonds is 12. The molecule has 0 aromatic heterocycles. The lowest BCUT2D eigenvalue weighted by Crippen LogP contribution is -3.00. The lowest BCUT2D eigenvalue weighted by molar-refractivity contribution is -0.00000485. The van der Waals surface area contributed by atoms with Crippen molar-refractivity contribution in [3.8, 4) is 0 Å². The molecule has 0 spiro atoms. The summed E-state index contributed by atoms with van der Waals surface area (Å²) in [6, 6.07) is 11.2. The summed E-state index contributed by atoms with van der Waals surface area (Å²) < 4.78 is 0. The van der Waals surface area contributed by atoms with Crippen LogP contribution < -0.4 is 24.0 Å². The van der Waals surface area contributed by atoms with Crippen LogP contribution in [0.5, 0.6) is 0 Å². The van der Waals surface area contributed by atoms with Gasteiger partial charge in [0.25, 0.3) is 0 Å². The van der Waals surface area contributed by atoms with E-state index < -0.39 is 7.26 Å². The van der Waals surface area contributed by atoms with Crippen molar-refractivity contribution in [3.05, 3.63) is 48.6 Å². The fraction of sp³-hybridized carbons (Fsp3) is 0.619. The van der Waals surface area contributed by atoms with Gasteiger partial charge in [-0.25, -0.2) is 0 Å². The van der Waals surface area contributed by atoms with Gasteiger partial charge in [0.05, 0.1) is 18.5 Å². The van der Waals surface area contributed by atoms with Crippen molar-refractivity contribution < 1.29 is 24.0 Å². The van der Waals surface area contributed by atoms with E-state index in [1.54, 1.807) is 0 Å². The Labute approximate surface area is 162 Å². The molecule has 1 aromatic carbocycles. The molecule has 0 nitrogen and oxygen atoms in total. The molecule has 0 aliphatic carbocycles. The Morgan fingerprint density at radius 3 is 1.65 bits per heavy atom. The van der Waals surface area contributed by atoms with Crippen LogP contribution in [-0.2, 0) is 0 Å². The maximum Gasteiger partial charge on any atom is 0.112 e. The zero-order valence-corrected chi connectivity index (χ0v) is 18.5. The summed E-state index contributed by atoms with van der Waals surface area (Å²) in [6.45, 7) is 11.3. The van der Waals surface area contributed by atoms with Crippen molar-refractivity contribution in [1.29, 1.82) is 0 Å². The Balaban J connectivity index is 0.00000484. The fourth-order valence-corrected chi connectivity index (χ4v) is 9.09. The average molecular weight is 446 g/mol. The van der Waals surface area contributed by atoms with Crippen molar-refractivity contribution in [3.63, 3.8) is 0 Å². The smallest absolute Gasteiger partial charge is 0.112 e. The Hall–Kier alpha value is 0.120. The largest absolute Gasteiger partial charge is 1.00 e. The van der Waals surface area contributed by atoms with E-state index in [2.05, 4.69) is 63.8 Å². The van der Waals surface area contributed by atoms with Crippen molar-refractivity contribution >= 4 is 7.26 Å². The van der Waals surface area contributed by atoms with E-state index in [1.807, 2.05) is 0 Å². The van der Waals surface area contributed by atoms with Gasteiger partial charge < -0.3 is 24.0 Å². The van der Waals surface area contributed by atoms with E-state index in [0.29, 0.717) is 5.66 Å². The number of hydrogen-bond acceptors (Lipinski definition) is 0. The molecule has 1 atom stereocenters. The first kappa shape index (κ1) is 23.1. The number of halogens is 1. The first-order valence-electron chi connectivity index (χ1n) is 9.27. The van der Waals surface area contributed by atoms with Gasteiger partial charge in [-0.15, -0.1) is 0 Å². The summed E-state index contributed by atoms with van der Waals surface area (Å²) >= 11 is 0. The molecule has 1 unspecified atom stereocenters. The van der Waals surface area contributed by atoms with Crippen molar-refractivity contribution in [2.75, 3.05) is 18.5 Å². The highest BCUT2D eigenvalue weighted by atomic mass is 127. The molecule has 0 N–H and O–H groups in total. The summed E-state index contributed by atoms with van der Waals surface area (Å²) in [7, 11) is -0.996. The normalized spacial score (nSPS) is 12.5. The van der Waals surface area contributed by atoms with Crippen LogP contribution >= 0.6 is 7.26 Å². The molecular weight excluding hydrogens is 410 g/mol. The van der Waals surface area contributed by atoms with Gasteiger partial charge in [-0.1, -0.05) is 76.9 Å². The summed E-state index contributed by atoms with van der Waals surface area (Å²) in [5.74, 6) is 0. The third-order valence-electron chi connectivity index (χ3n) is 4.83. The van der Waals surface area contributed by atoms with Gasteiger partial charge in [0.1, 0.15) is 5.66 Å². The van der Waals surface area contributed by atoms with Crippen molar-refractivity contribution in [2.24, 2.45) is 0 Å². The van der Waals surface area contributed by atoms with Crippen LogP contribution in [0.3, 0.4) is 0 Å². The molecule has 0 heterocycles. The van der Waals surface area contributed by atoms with Crippen molar-refractivity contribution in [2.45, 2.75) is 65.0 Å². The second-order valence-electron chi connectivity index (χ2n) is 6.54. The SMILES string of the molecule is C=CC(c1ccccc1)[P+](CCCC)(CCCC)CCCC.[I-]. The molecule has 0 saturated heterocycles. The highest BCUT2D eigenvalue weighted by Gasteiger charge is 2.43. The maximum absolute atomic E-state index is 4.26. The van der Waals surface area contributed by atoms with E-state index in [0.717, 1.165) is 0 Å². The first-order valence-corrected chi connectivity index (χ1v) is 11.7. The molecule has 0 aliphatic rings. The second kappa shape index (κ2) is 13.4. The Morgan fingerprint density at radius 2 is 1.30 bits per heavy atom. The molecule has 1 aromatic rings. The quantitative estimate of drug-likeness (QED) is 0.255. The van der Waals surface area contributed by atoms with Crippen LogP contribution in [0.2, 0.25) is 0 Å². The lowest BCUT2D eigenvalue weighted by Gasteiger charge is -2.34. The Kier molecular flexibility index (Phi) is 13.5. The minimum absolute atomic E-state index is 0. The van der Waals surface area contributed by atoms with E-state index in [1.165, 1.54) is 62.6 Å². The highest BCUT2D eigenvalue weighted by molar-refractivity contribution is 7.76. The standard InChI is InChI=1S/C21H36P.HI/c1-5-9-17-22(18-10-6-2,19-11-7-3)21(8-4)20-15-13-12-14-16-20;/h8,12-16,21H,4-7,9-11,17-19H2,1-3H3;1H/q+1;/p-1. The van der Waals surface area contributed by atoms with Gasteiger partial charge in [0.15, 0.2) is 0 Å². The fourth-order valence-electron chi connectivity index (χ4n) is 3.50. The van der Waals surface area contributed by atoms with Crippen LogP contribution in [0, 0.1) is 0 Å². The average Bonchev–Trinajstić information content (AvgIpc) is 2.57. The van der Waals surface area contributed by atoms with Crippen LogP contribution in [0.4, 0.5) is 0 Å². The van der Waals surface area contributed by atoms with Crippen LogP contribution in [0.25, 0.3) is 0 Å². The summed E-state index contributed by atoms with van der Waals surface area (Å²) in [4.78, 5) is 0. The molecule has 1 rings (SSSR count). The molecule has 0 saturated carbocycles. The number of benzene rings is 1. The highest BCUT2D eigenvalue weighted by Crippen LogP contribution is 2.71. The predicted molar refractivity (Wildman–Crippen MR) is 106 cm³/mol. The third kappa shape index (κ3) is 7.26. The monoisotopic (exact) mass is 446 g/mol. The molecule has 0 amide bonds. The van der Waals surface area contributed by atoms with Crippen LogP contribution in [0.1, 0.15) is 70.5 Å². The zero-order chi connectivity index (χ0) is 16.3. The number of allylic oxidation sites excluding steroid dienone is 1. The molecule has 2 heteroatoms. The minimum Gasteiger partial charge on any atom is -1.00 e. The van der Waals surface area contributed by atoms with Gasteiger partial charge in [-0.2, -0.15) is 0 Å². The first-order chi connectivity index (χ1) is 10.7. The number of hydrogen-bond donors (Lipinski definition) is 0. The van der Waals surface area contributed by atoms with E-state index >= 15 is 0 Å².